The summed E-state index contributed by atoms with van der Waals surface area (Å²) in [6.07, 6.45) is 4.43. The van der Waals surface area contributed by atoms with Crippen LogP contribution >= 0.6 is 11.3 Å². The highest BCUT2D eigenvalue weighted by atomic mass is 32.1. The molecule has 1 aliphatic carbocycles. The summed E-state index contributed by atoms with van der Waals surface area (Å²) in [4.78, 5) is 1.47. The van der Waals surface area contributed by atoms with Gasteiger partial charge in [-0.05, 0) is 42.2 Å². The largest absolute Gasteiger partial charge is 0.387 e. The molecule has 0 bridgehead atoms. The lowest BCUT2D eigenvalue weighted by Gasteiger charge is -2.14. The van der Waals surface area contributed by atoms with E-state index in [4.69, 9.17) is 5.73 Å². The van der Waals surface area contributed by atoms with E-state index >= 15 is 0 Å². The number of nitrogens with two attached hydrogens (primary N) is 1. The number of rotatable bonds is 2. The zero-order valence-corrected chi connectivity index (χ0v) is 8.44. The van der Waals surface area contributed by atoms with Gasteiger partial charge in [-0.25, -0.2) is 0 Å². The number of fused-ring (bicyclic) bond motifs is 1. The minimum atomic E-state index is -0.446. The maximum absolute atomic E-state index is 9.66. The van der Waals surface area contributed by atoms with Gasteiger partial charge in [0.05, 0.1) is 6.10 Å². The standard InChI is InChI=1S/C10H15NOS/c11-5-9(12)8-6-13-10-4-2-1-3-7(8)10/h6,9,12H,1-5,11H2/t9-/m1/s1. The van der Waals surface area contributed by atoms with Crippen molar-refractivity contribution >= 4 is 11.3 Å². The number of aliphatic hydroxyl groups is 1. The first kappa shape index (κ1) is 9.19. The second-order valence-electron chi connectivity index (χ2n) is 3.55. The molecule has 72 valence electrons. The van der Waals surface area contributed by atoms with Gasteiger partial charge in [-0.2, -0.15) is 0 Å². The van der Waals surface area contributed by atoms with Crippen molar-refractivity contribution in [3.05, 3.63) is 21.4 Å². The van der Waals surface area contributed by atoms with Gasteiger partial charge in [-0.3, -0.25) is 0 Å². The Morgan fingerprint density at radius 2 is 2.23 bits per heavy atom. The summed E-state index contributed by atoms with van der Waals surface area (Å²) in [5, 5.41) is 11.7. The van der Waals surface area contributed by atoms with Gasteiger partial charge in [0.2, 0.25) is 0 Å². The predicted molar refractivity (Wildman–Crippen MR) is 55.0 cm³/mol. The zero-order valence-electron chi connectivity index (χ0n) is 7.62. The second-order valence-corrected chi connectivity index (χ2v) is 4.52. The first-order valence-corrected chi connectivity index (χ1v) is 5.68. The Hall–Kier alpha value is -0.380. The third kappa shape index (κ3) is 1.64. The first-order valence-electron chi connectivity index (χ1n) is 4.80. The number of hydrogen-bond donors (Lipinski definition) is 2. The highest BCUT2D eigenvalue weighted by Gasteiger charge is 2.19. The highest BCUT2D eigenvalue weighted by molar-refractivity contribution is 7.10. The number of aryl methyl sites for hydroxylation is 1. The van der Waals surface area contributed by atoms with E-state index in [0.717, 1.165) is 12.0 Å². The quantitative estimate of drug-likeness (QED) is 0.756. The molecule has 13 heavy (non-hydrogen) atoms. The van der Waals surface area contributed by atoms with E-state index < -0.39 is 6.10 Å². The lowest BCUT2D eigenvalue weighted by molar-refractivity contribution is 0.186. The van der Waals surface area contributed by atoms with Crippen molar-refractivity contribution in [1.29, 1.82) is 0 Å². The molecule has 2 rings (SSSR count). The van der Waals surface area contributed by atoms with Crippen molar-refractivity contribution in [2.45, 2.75) is 31.8 Å². The molecule has 3 N–H and O–H groups in total. The molecule has 1 atom stereocenters. The minimum absolute atomic E-state index is 0.336. The van der Waals surface area contributed by atoms with Crippen LogP contribution in [0.4, 0.5) is 0 Å². The summed E-state index contributed by atoms with van der Waals surface area (Å²) >= 11 is 1.78. The molecule has 0 saturated heterocycles. The molecular formula is C10H15NOS. The van der Waals surface area contributed by atoms with Gasteiger partial charge in [0.25, 0.3) is 0 Å². The Bertz CT molecular complexity index is 295. The van der Waals surface area contributed by atoms with Crippen molar-refractivity contribution in [2.24, 2.45) is 5.73 Å². The topological polar surface area (TPSA) is 46.2 Å². The molecule has 1 aliphatic rings. The van der Waals surface area contributed by atoms with Crippen LogP contribution in [0.2, 0.25) is 0 Å². The fraction of sp³-hybridized carbons (Fsp3) is 0.600. The molecule has 0 unspecified atom stereocenters. The SMILES string of the molecule is NC[C@@H](O)c1csc2c1CCCC2. The second kappa shape index (κ2) is 3.78. The number of thiophene rings is 1. The van der Waals surface area contributed by atoms with E-state index in [1.54, 1.807) is 11.3 Å². The summed E-state index contributed by atoms with van der Waals surface area (Å²) in [6.45, 7) is 0.336. The summed E-state index contributed by atoms with van der Waals surface area (Å²) in [7, 11) is 0. The molecule has 0 amide bonds. The summed E-state index contributed by atoms with van der Waals surface area (Å²) in [5.41, 5.74) is 7.92. The minimum Gasteiger partial charge on any atom is -0.387 e. The molecule has 0 radical (unpaired) electrons. The van der Waals surface area contributed by atoms with Crippen LogP contribution in [0.1, 0.15) is 34.9 Å². The lowest BCUT2D eigenvalue weighted by atomic mass is 9.94. The maximum Gasteiger partial charge on any atom is 0.0923 e. The van der Waals surface area contributed by atoms with Crippen LogP contribution in [-0.2, 0) is 12.8 Å². The van der Waals surface area contributed by atoms with Gasteiger partial charge in [-0.15, -0.1) is 11.3 Å². The molecule has 0 aromatic carbocycles. The first-order chi connectivity index (χ1) is 6.33. The van der Waals surface area contributed by atoms with Gasteiger partial charge in [0, 0.05) is 11.4 Å². The maximum atomic E-state index is 9.66. The van der Waals surface area contributed by atoms with Crippen molar-refractivity contribution in [3.63, 3.8) is 0 Å². The molecule has 0 aliphatic heterocycles. The Labute approximate surface area is 82.4 Å². The van der Waals surface area contributed by atoms with E-state index in [1.807, 2.05) is 0 Å². The monoisotopic (exact) mass is 197 g/mol. The van der Waals surface area contributed by atoms with Crippen LogP contribution in [0, 0.1) is 0 Å². The lowest BCUT2D eigenvalue weighted by Crippen LogP contribution is -2.13. The van der Waals surface area contributed by atoms with Gasteiger partial charge >= 0.3 is 0 Å². The van der Waals surface area contributed by atoms with Crippen LogP contribution in [-0.4, -0.2) is 11.7 Å². The van der Waals surface area contributed by atoms with Crippen molar-refractivity contribution in [3.8, 4) is 0 Å². The Morgan fingerprint density at radius 1 is 1.46 bits per heavy atom. The van der Waals surface area contributed by atoms with Crippen molar-refractivity contribution in [2.75, 3.05) is 6.54 Å². The van der Waals surface area contributed by atoms with Crippen LogP contribution in [0.3, 0.4) is 0 Å². The molecule has 0 fully saturated rings. The van der Waals surface area contributed by atoms with Crippen LogP contribution in [0.5, 0.6) is 0 Å². The smallest absolute Gasteiger partial charge is 0.0923 e. The fourth-order valence-electron chi connectivity index (χ4n) is 1.93. The highest BCUT2D eigenvalue weighted by Crippen LogP contribution is 2.33. The van der Waals surface area contributed by atoms with Gasteiger partial charge in [-0.1, -0.05) is 0 Å². The van der Waals surface area contributed by atoms with Gasteiger partial charge in [0.15, 0.2) is 0 Å². The Morgan fingerprint density at radius 3 is 3.00 bits per heavy atom. The molecule has 1 heterocycles. The van der Waals surface area contributed by atoms with Crippen molar-refractivity contribution in [1.82, 2.24) is 0 Å². The average molecular weight is 197 g/mol. The number of hydrogen-bond acceptors (Lipinski definition) is 3. The third-order valence-corrected chi connectivity index (χ3v) is 3.78. The number of aliphatic hydroxyl groups excluding tert-OH is 1. The molecule has 3 heteroatoms. The molecule has 1 aromatic heterocycles. The fourth-order valence-corrected chi connectivity index (χ4v) is 3.12. The Balaban J connectivity index is 2.31. The molecular weight excluding hydrogens is 182 g/mol. The van der Waals surface area contributed by atoms with Gasteiger partial charge in [0.1, 0.15) is 0 Å². The summed E-state index contributed by atoms with van der Waals surface area (Å²) in [5.74, 6) is 0. The third-order valence-electron chi connectivity index (χ3n) is 2.68. The van der Waals surface area contributed by atoms with Crippen LogP contribution in [0.15, 0.2) is 5.38 Å². The van der Waals surface area contributed by atoms with Gasteiger partial charge < -0.3 is 10.8 Å². The van der Waals surface area contributed by atoms with E-state index in [2.05, 4.69) is 5.38 Å². The van der Waals surface area contributed by atoms with E-state index in [9.17, 15) is 5.11 Å². The molecule has 0 saturated carbocycles. The average Bonchev–Trinajstić information content (AvgIpc) is 2.60. The van der Waals surface area contributed by atoms with Crippen LogP contribution in [0.25, 0.3) is 0 Å². The predicted octanol–water partition coefficient (Wildman–Crippen LogP) is 1.62. The van der Waals surface area contributed by atoms with E-state index in [0.29, 0.717) is 6.54 Å². The summed E-state index contributed by atoms with van der Waals surface area (Å²) in [6, 6.07) is 0. The van der Waals surface area contributed by atoms with Crippen LogP contribution < -0.4 is 5.73 Å². The Kier molecular flexibility index (Phi) is 2.67. The zero-order chi connectivity index (χ0) is 9.26. The van der Waals surface area contributed by atoms with Crippen molar-refractivity contribution < 1.29 is 5.11 Å². The summed E-state index contributed by atoms with van der Waals surface area (Å²) < 4.78 is 0. The molecule has 0 spiro atoms. The molecule has 1 aromatic rings. The molecule has 2 nitrogen and oxygen atoms in total. The van der Waals surface area contributed by atoms with E-state index in [1.165, 1.54) is 29.7 Å². The normalized spacial score (nSPS) is 18.3. The van der Waals surface area contributed by atoms with E-state index in [-0.39, 0.29) is 0 Å².